The molecule has 3 unspecified atom stereocenters. The van der Waals surface area contributed by atoms with E-state index in [0.29, 0.717) is 0 Å². The van der Waals surface area contributed by atoms with Gasteiger partial charge in [0.05, 0.1) is 16.0 Å². The average Bonchev–Trinajstić information content (AvgIpc) is 2.32. The van der Waals surface area contributed by atoms with Crippen LogP contribution in [0.15, 0.2) is 29.2 Å². The fourth-order valence-corrected chi connectivity index (χ4v) is 4.70. The molecule has 2 N–H and O–H groups in total. The molecule has 0 radical (unpaired) electrons. The van der Waals surface area contributed by atoms with E-state index >= 15 is 0 Å². The maximum atomic E-state index is 12.7. The molecule has 2 nitrogen and oxygen atoms in total. The lowest BCUT2D eigenvalue weighted by Crippen LogP contribution is -2.45. The van der Waals surface area contributed by atoms with E-state index in [4.69, 9.17) is 5.73 Å². The zero-order valence-corrected chi connectivity index (χ0v) is 12.3. The number of benzene rings is 1. The number of rotatable bonds is 2. The van der Waals surface area contributed by atoms with E-state index in [1.54, 1.807) is 0 Å². The van der Waals surface area contributed by atoms with Gasteiger partial charge in [-0.2, -0.15) is 0 Å². The van der Waals surface area contributed by atoms with E-state index < -0.39 is 10.8 Å². The Morgan fingerprint density at radius 2 is 2.00 bits per heavy atom. The largest absolute Gasteiger partial charge is 0.327 e. The normalized spacial score (nSPS) is 28.9. The molecule has 1 aromatic carbocycles. The van der Waals surface area contributed by atoms with Gasteiger partial charge in [-0.3, -0.25) is 4.21 Å². The Bertz CT molecular complexity index is 456. The molecular formula is C15H23NOS. The number of aryl methyl sites for hydroxylation is 1. The molecule has 3 atom stereocenters. The summed E-state index contributed by atoms with van der Waals surface area (Å²) in [4.78, 5) is 0.954. The van der Waals surface area contributed by atoms with Crippen molar-refractivity contribution in [2.75, 3.05) is 0 Å². The van der Waals surface area contributed by atoms with Crippen LogP contribution in [0.3, 0.4) is 0 Å². The van der Waals surface area contributed by atoms with Crippen LogP contribution in [0.25, 0.3) is 0 Å². The van der Waals surface area contributed by atoms with E-state index in [9.17, 15) is 4.21 Å². The van der Waals surface area contributed by atoms with Crippen molar-refractivity contribution in [1.82, 2.24) is 0 Å². The molecule has 1 saturated carbocycles. The molecule has 0 bridgehead atoms. The third-order valence-electron chi connectivity index (χ3n) is 3.97. The van der Waals surface area contributed by atoms with Crippen LogP contribution >= 0.6 is 0 Å². The summed E-state index contributed by atoms with van der Waals surface area (Å²) in [5.74, 6) is 0. The molecule has 0 amide bonds. The summed E-state index contributed by atoms with van der Waals surface area (Å²) in [6.45, 7) is 6.52. The van der Waals surface area contributed by atoms with Gasteiger partial charge in [0.2, 0.25) is 0 Å². The molecule has 0 aromatic heterocycles. The molecule has 1 fully saturated rings. The molecule has 100 valence electrons. The van der Waals surface area contributed by atoms with Gasteiger partial charge in [-0.1, -0.05) is 32.0 Å². The molecule has 0 saturated heterocycles. The lowest BCUT2D eigenvalue weighted by Gasteiger charge is -2.38. The minimum Gasteiger partial charge on any atom is -0.327 e. The minimum atomic E-state index is -0.983. The van der Waals surface area contributed by atoms with Crippen LogP contribution in [0.2, 0.25) is 0 Å². The van der Waals surface area contributed by atoms with Gasteiger partial charge in [-0.25, -0.2) is 0 Å². The SMILES string of the molecule is Cc1ccccc1S(=O)C1CC(C)(C)CCC1N. The fourth-order valence-electron chi connectivity index (χ4n) is 2.72. The summed E-state index contributed by atoms with van der Waals surface area (Å²) in [5, 5.41) is 0.0925. The van der Waals surface area contributed by atoms with E-state index in [-0.39, 0.29) is 16.7 Å². The molecule has 1 aromatic rings. The van der Waals surface area contributed by atoms with Gasteiger partial charge in [-0.15, -0.1) is 0 Å². The van der Waals surface area contributed by atoms with Gasteiger partial charge in [0.1, 0.15) is 0 Å². The maximum absolute atomic E-state index is 12.7. The zero-order chi connectivity index (χ0) is 13.3. The highest BCUT2D eigenvalue weighted by Crippen LogP contribution is 2.38. The van der Waals surface area contributed by atoms with Crippen LogP contribution in [0.5, 0.6) is 0 Å². The fraction of sp³-hybridized carbons (Fsp3) is 0.600. The van der Waals surface area contributed by atoms with E-state index in [0.717, 1.165) is 29.7 Å². The van der Waals surface area contributed by atoms with Crippen molar-refractivity contribution in [3.05, 3.63) is 29.8 Å². The Labute approximate surface area is 112 Å². The molecule has 0 aliphatic heterocycles. The molecule has 0 spiro atoms. The smallest absolute Gasteiger partial charge is 0.0579 e. The lowest BCUT2D eigenvalue weighted by atomic mass is 9.75. The van der Waals surface area contributed by atoms with Crippen molar-refractivity contribution in [2.45, 2.75) is 56.2 Å². The second-order valence-electron chi connectivity index (χ2n) is 6.17. The van der Waals surface area contributed by atoms with Crippen molar-refractivity contribution < 1.29 is 4.21 Å². The number of hydrogen-bond donors (Lipinski definition) is 1. The van der Waals surface area contributed by atoms with Crippen LogP contribution in [0.4, 0.5) is 0 Å². The first kappa shape index (κ1) is 13.8. The predicted molar refractivity (Wildman–Crippen MR) is 77.0 cm³/mol. The van der Waals surface area contributed by atoms with Crippen molar-refractivity contribution >= 4 is 10.8 Å². The molecule has 3 heteroatoms. The highest BCUT2D eigenvalue weighted by molar-refractivity contribution is 7.85. The Balaban J connectivity index is 2.25. The summed E-state index contributed by atoms with van der Waals surface area (Å²) in [5.41, 5.74) is 7.56. The predicted octanol–water partition coefficient (Wildman–Crippen LogP) is 3.01. The van der Waals surface area contributed by atoms with E-state index in [1.807, 2.05) is 31.2 Å². The third kappa shape index (κ3) is 2.83. The Morgan fingerprint density at radius 3 is 2.67 bits per heavy atom. The second-order valence-corrected chi connectivity index (χ2v) is 7.81. The van der Waals surface area contributed by atoms with Gasteiger partial charge < -0.3 is 5.73 Å². The summed E-state index contributed by atoms with van der Waals surface area (Å²) < 4.78 is 12.7. The minimum absolute atomic E-state index is 0.0680. The average molecular weight is 265 g/mol. The molecule has 18 heavy (non-hydrogen) atoms. The molecule has 1 aliphatic carbocycles. The van der Waals surface area contributed by atoms with Crippen molar-refractivity contribution in [3.63, 3.8) is 0 Å². The van der Waals surface area contributed by atoms with Crippen molar-refractivity contribution in [3.8, 4) is 0 Å². The van der Waals surface area contributed by atoms with Crippen molar-refractivity contribution in [1.29, 1.82) is 0 Å². The second kappa shape index (κ2) is 5.14. The highest BCUT2D eigenvalue weighted by atomic mass is 32.2. The molecule has 2 rings (SSSR count). The third-order valence-corrected chi connectivity index (χ3v) is 5.93. The monoisotopic (exact) mass is 265 g/mol. The van der Waals surface area contributed by atoms with Crippen LogP contribution in [-0.2, 0) is 10.8 Å². The summed E-state index contributed by atoms with van der Waals surface area (Å²) >= 11 is 0. The Kier molecular flexibility index (Phi) is 3.93. The summed E-state index contributed by atoms with van der Waals surface area (Å²) in [6, 6.07) is 8.01. The van der Waals surface area contributed by atoms with Crippen molar-refractivity contribution in [2.24, 2.45) is 11.1 Å². The van der Waals surface area contributed by atoms with Crippen LogP contribution in [0, 0.1) is 12.3 Å². The Morgan fingerprint density at radius 1 is 1.33 bits per heavy atom. The van der Waals surface area contributed by atoms with Gasteiger partial charge in [-0.05, 0) is 43.2 Å². The lowest BCUT2D eigenvalue weighted by molar-refractivity contribution is 0.230. The maximum Gasteiger partial charge on any atom is 0.0579 e. The van der Waals surface area contributed by atoms with Gasteiger partial charge in [0, 0.05) is 10.9 Å². The van der Waals surface area contributed by atoms with Crippen LogP contribution < -0.4 is 5.73 Å². The summed E-state index contributed by atoms with van der Waals surface area (Å²) in [6.07, 6.45) is 3.07. The van der Waals surface area contributed by atoms with Gasteiger partial charge >= 0.3 is 0 Å². The van der Waals surface area contributed by atoms with E-state index in [2.05, 4.69) is 13.8 Å². The van der Waals surface area contributed by atoms with Crippen LogP contribution in [0.1, 0.15) is 38.7 Å². The van der Waals surface area contributed by atoms with Crippen LogP contribution in [-0.4, -0.2) is 15.5 Å². The van der Waals surface area contributed by atoms with Gasteiger partial charge in [0.25, 0.3) is 0 Å². The molecule has 0 heterocycles. The number of nitrogens with two attached hydrogens (primary N) is 1. The van der Waals surface area contributed by atoms with E-state index in [1.165, 1.54) is 0 Å². The first-order valence-electron chi connectivity index (χ1n) is 6.62. The number of hydrogen-bond acceptors (Lipinski definition) is 2. The zero-order valence-electron chi connectivity index (χ0n) is 11.5. The molecule has 1 aliphatic rings. The topological polar surface area (TPSA) is 43.1 Å². The highest BCUT2D eigenvalue weighted by Gasteiger charge is 2.37. The molecular weight excluding hydrogens is 242 g/mol. The van der Waals surface area contributed by atoms with Gasteiger partial charge in [0.15, 0.2) is 0 Å². The Hall–Kier alpha value is -0.670. The first-order valence-corrected chi connectivity index (χ1v) is 7.84. The summed E-state index contributed by atoms with van der Waals surface area (Å²) in [7, 11) is -0.983. The quantitative estimate of drug-likeness (QED) is 0.893. The standard InChI is InChI=1S/C15H23NOS/c1-11-6-4-5-7-13(11)18(17)14-10-15(2,3)9-8-12(14)16/h4-7,12,14H,8-10,16H2,1-3H3. The first-order chi connectivity index (χ1) is 8.41.